The molecule has 2 aliphatic heterocycles. The monoisotopic (exact) mass is 966 g/mol. The Hall–Kier alpha value is -9.44. The van der Waals surface area contributed by atoms with Crippen molar-refractivity contribution in [3.8, 4) is 62.1 Å². The molecule has 5 N–H and O–H groups in total. The zero-order chi connectivity index (χ0) is 50.1. The molecule has 0 radical (unpaired) electrons. The van der Waals surface area contributed by atoms with Crippen molar-refractivity contribution in [1.29, 1.82) is 0 Å². The maximum Gasteiger partial charge on any atom is 0.306 e. The van der Waals surface area contributed by atoms with Gasteiger partial charge in [0.15, 0.2) is 0 Å². The maximum absolute atomic E-state index is 11.9. The molecule has 0 fully saturated rings. The number of hydrogen-bond acceptors (Lipinski definition) is 10. The third kappa shape index (κ3) is 10.7. The molecular weight excluding hydrogens is 921 g/mol. The number of aromatic nitrogens is 4. The number of benzene rings is 4. The second-order valence-corrected chi connectivity index (χ2v) is 16.5. The Balaban J connectivity index is 1.57. The van der Waals surface area contributed by atoms with E-state index in [1.807, 2.05) is 108 Å². The Labute approximate surface area is 411 Å². The van der Waals surface area contributed by atoms with E-state index in [1.165, 1.54) is 0 Å². The molecule has 0 saturated heterocycles. The van der Waals surface area contributed by atoms with E-state index < -0.39 is 23.9 Å². The number of nitrogens with zero attached hydrogens (tertiary/aromatic N) is 3. The summed E-state index contributed by atoms with van der Waals surface area (Å²) in [4.78, 5) is 61.4. The van der Waals surface area contributed by atoms with Gasteiger partial charge >= 0.3 is 23.9 Å². The number of para-hydroxylation sites is 5. The Bertz CT molecular complexity index is 3480. The number of fused-ring (bicyclic) bond motifs is 8. The van der Waals surface area contributed by atoms with Crippen LogP contribution in [-0.2, 0) is 19.2 Å². The van der Waals surface area contributed by atoms with Crippen LogP contribution in [0.5, 0.6) is 23.0 Å². The average molecular weight is 967 g/mol. The summed E-state index contributed by atoms with van der Waals surface area (Å²) >= 11 is 0. The molecule has 72 heavy (non-hydrogen) atoms. The van der Waals surface area contributed by atoms with E-state index in [9.17, 15) is 39.6 Å². The van der Waals surface area contributed by atoms with Crippen LogP contribution in [-0.4, -0.2) is 90.2 Å². The highest BCUT2D eigenvalue weighted by Crippen LogP contribution is 2.52. The molecule has 0 amide bonds. The van der Waals surface area contributed by atoms with Crippen LogP contribution in [0, 0.1) is 0 Å². The number of carbonyl (C=O) groups is 4. The number of carboxylic acid groups (broad SMARTS) is 4. The number of rotatable bonds is 20. The molecule has 0 saturated carbocycles. The largest absolute Gasteiger partial charge is 0.492 e. The summed E-state index contributed by atoms with van der Waals surface area (Å²) in [6, 6.07) is 38.3. The SMILES string of the molecule is O=C(O)CCOc1ccccc1-c1c(-c2ccccc2OCCC(=O)O)c2c(-c3ccccc3OCCC(=O)O)c3nc(cc4ccc(cc5nc(cc1n2-c1ccccc1OCCC(=O)O)C=C5)[nH]4)C=C3. The third-order valence-corrected chi connectivity index (χ3v) is 11.5. The summed E-state index contributed by atoms with van der Waals surface area (Å²) in [6.07, 6.45) is 6.27. The van der Waals surface area contributed by atoms with Crippen LogP contribution in [0.2, 0.25) is 0 Å². The van der Waals surface area contributed by atoms with Crippen LogP contribution < -0.4 is 18.9 Å². The molecule has 9 rings (SSSR count). The molecule has 16 heteroatoms. The van der Waals surface area contributed by atoms with Crippen LogP contribution in [0.25, 0.3) is 85.4 Å². The van der Waals surface area contributed by atoms with E-state index in [-0.39, 0.29) is 52.1 Å². The lowest BCUT2D eigenvalue weighted by molar-refractivity contribution is -0.138. The van der Waals surface area contributed by atoms with E-state index in [0.717, 1.165) is 11.0 Å². The van der Waals surface area contributed by atoms with Crippen LogP contribution in [0.4, 0.5) is 0 Å². The first-order valence-corrected chi connectivity index (χ1v) is 22.9. The quantitative estimate of drug-likeness (QED) is 0.0478. The van der Waals surface area contributed by atoms with Gasteiger partial charge in [0.05, 0.1) is 91.6 Å². The van der Waals surface area contributed by atoms with Gasteiger partial charge in [-0.05, 0) is 85.0 Å². The van der Waals surface area contributed by atoms with Gasteiger partial charge in [-0.3, -0.25) is 19.2 Å². The molecular formula is C56H46N4O12. The molecule has 2 aliphatic rings. The summed E-state index contributed by atoms with van der Waals surface area (Å²) in [7, 11) is 0. The number of hydrogen-bond donors (Lipinski definition) is 5. The summed E-state index contributed by atoms with van der Waals surface area (Å²) in [5.74, 6) is -2.97. The fourth-order valence-electron chi connectivity index (χ4n) is 8.50. The highest BCUT2D eigenvalue weighted by Gasteiger charge is 2.30. The first kappa shape index (κ1) is 47.6. The Morgan fingerprint density at radius 3 is 1.36 bits per heavy atom. The van der Waals surface area contributed by atoms with Crippen molar-refractivity contribution in [2.24, 2.45) is 0 Å². The first-order chi connectivity index (χ1) is 35.0. The lowest BCUT2D eigenvalue weighted by Gasteiger charge is -2.19. The van der Waals surface area contributed by atoms with Crippen molar-refractivity contribution in [3.05, 3.63) is 150 Å². The number of H-pyrrole nitrogens is 1. The molecule has 5 heterocycles. The van der Waals surface area contributed by atoms with Crippen molar-refractivity contribution in [2.75, 3.05) is 26.4 Å². The Kier molecular flexibility index (Phi) is 14.2. The van der Waals surface area contributed by atoms with Gasteiger partial charge in [-0.25, -0.2) is 9.97 Å². The lowest BCUT2D eigenvalue weighted by atomic mass is 9.92. The maximum atomic E-state index is 11.9. The van der Waals surface area contributed by atoms with Crippen molar-refractivity contribution < 1.29 is 58.6 Å². The second kappa shape index (κ2) is 21.5. The van der Waals surface area contributed by atoms with Crippen LogP contribution in [0.1, 0.15) is 48.5 Å². The molecule has 7 aromatic rings. The predicted octanol–water partition coefficient (Wildman–Crippen LogP) is 10.5. The van der Waals surface area contributed by atoms with Gasteiger partial charge < -0.3 is 48.9 Å². The highest BCUT2D eigenvalue weighted by atomic mass is 16.5. The molecule has 8 bridgehead atoms. The smallest absolute Gasteiger partial charge is 0.306 e. The van der Waals surface area contributed by atoms with Crippen LogP contribution >= 0.6 is 0 Å². The van der Waals surface area contributed by atoms with E-state index in [2.05, 4.69) is 4.98 Å². The molecule has 0 spiro atoms. The summed E-state index contributed by atoms with van der Waals surface area (Å²) < 4.78 is 27.5. The molecule has 16 nitrogen and oxygen atoms in total. The highest BCUT2D eigenvalue weighted by molar-refractivity contribution is 6.13. The van der Waals surface area contributed by atoms with Crippen LogP contribution in [0.3, 0.4) is 0 Å². The fourth-order valence-corrected chi connectivity index (χ4v) is 8.50. The molecule has 3 aromatic heterocycles. The van der Waals surface area contributed by atoms with Gasteiger partial charge in [0.1, 0.15) is 23.0 Å². The van der Waals surface area contributed by atoms with Gasteiger partial charge in [-0.1, -0.05) is 66.7 Å². The zero-order valence-corrected chi connectivity index (χ0v) is 38.5. The Morgan fingerprint density at radius 2 is 0.847 bits per heavy atom. The number of nitrogens with one attached hydrogen (secondary N) is 1. The first-order valence-electron chi connectivity index (χ1n) is 22.9. The van der Waals surface area contributed by atoms with Crippen molar-refractivity contribution >= 4 is 70.2 Å². The van der Waals surface area contributed by atoms with Gasteiger partial charge in [-0.15, -0.1) is 0 Å². The molecule has 0 atom stereocenters. The fraction of sp³-hybridized carbons (Fsp3) is 0.143. The summed E-state index contributed by atoms with van der Waals surface area (Å²) in [5.41, 5.74) is 8.15. The molecule has 0 aliphatic carbocycles. The normalized spacial score (nSPS) is 11.6. The number of aromatic amines is 1. The average Bonchev–Trinajstić information content (AvgIpc) is 4.18. The minimum absolute atomic E-state index is 0.177. The minimum atomic E-state index is -1.06. The summed E-state index contributed by atoms with van der Waals surface area (Å²) in [6.45, 7) is -0.734. The number of carboxylic acids is 4. The van der Waals surface area contributed by atoms with Gasteiger partial charge in [0.2, 0.25) is 0 Å². The number of ether oxygens (including phenoxy) is 4. The second-order valence-electron chi connectivity index (χ2n) is 16.5. The zero-order valence-electron chi connectivity index (χ0n) is 38.5. The lowest BCUT2D eigenvalue weighted by Crippen LogP contribution is -2.08. The van der Waals surface area contributed by atoms with E-state index in [0.29, 0.717) is 95.9 Å². The van der Waals surface area contributed by atoms with Crippen LogP contribution in [0.15, 0.2) is 127 Å². The summed E-state index contributed by atoms with van der Waals surface area (Å²) in [5, 5.41) is 39.0. The van der Waals surface area contributed by atoms with Gasteiger partial charge in [-0.2, -0.15) is 0 Å². The van der Waals surface area contributed by atoms with Crippen molar-refractivity contribution in [1.82, 2.24) is 19.5 Å². The van der Waals surface area contributed by atoms with E-state index >= 15 is 0 Å². The predicted molar refractivity (Wildman–Crippen MR) is 271 cm³/mol. The minimum Gasteiger partial charge on any atom is -0.492 e. The molecule has 4 aromatic carbocycles. The molecule has 0 unspecified atom stereocenters. The topological polar surface area (TPSA) is 233 Å². The Morgan fingerprint density at radius 1 is 0.444 bits per heavy atom. The van der Waals surface area contributed by atoms with E-state index in [1.54, 1.807) is 48.5 Å². The van der Waals surface area contributed by atoms with Crippen molar-refractivity contribution in [3.63, 3.8) is 0 Å². The number of aliphatic carboxylic acids is 4. The van der Waals surface area contributed by atoms with Gasteiger partial charge in [0, 0.05) is 44.4 Å². The van der Waals surface area contributed by atoms with Gasteiger partial charge in [0.25, 0.3) is 0 Å². The van der Waals surface area contributed by atoms with Crippen molar-refractivity contribution in [2.45, 2.75) is 25.7 Å². The standard InChI is InChI=1S/C56H46N4O12/c61-49(62)23-27-69-45-13-5-1-9-39(45)53-42-22-21-37(59-42)32-36-18-17-34(57-36)31-35-19-20-38(58-35)33-44-54(40-10-2-6-14-46(40)70-28-24-50(63)64)55(41-11-3-7-15-47(41)71-29-25-51(65)66)56(53)60(44)43-12-4-8-16-48(43)72-30-26-52(67)68/h1-22,31-33,57H,23-30H2,(H,61,62)(H,63,64)(H,65,66)(H,67,68). The van der Waals surface area contributed by atoms with E-state index in [4.69, 9.17) is 28.9 Å². The third-order valence-electron chi connectivity index (χ3n) is 11.5. The molecule has 362 valence electrons.